The number of hydrogen-bond donors (Lipinski definition) is 2. The number of carbonyl (C=O) groups is 1. The van der Waals surface area contributed by atoms with Gasteiger partial charge in [0.05, 0.1) is 5.56 Å². The maximum Gasteiger partial charge on any atom is 0.337 e. The van der Waals surface area contributed by atoms with Crippen molar-refractivity contribution in [1.82, 2.24) is 15.2 Å². The van der Waals surface area contributed by atoms with Crippen molar-refractivity contribution in [2.45, 2.75) is 27.2 Å². The molecule has 0 saturated heterocycles. The number of H-pyrrole nitrogens is 1. The van der Waals surface area contributed by atoms with Crippen molar-refractivity contribution >= 4 is 5.97 Å². The van der Waals surface area contributed by atoms with E-state index in [1.807, 2.05) is 6.92 Å². The fraction of sp³-hybridized carbons (Fsp3) is 0.364. The molecule has 0 radical (unpaired) electrons. The minimum absolute atomic E-state index is 0.260. The molecule has 6 nitrogen and oxygen atoms in total. The molecule has 17 heavy (non-hydrogen) atoms. The van der Waals surface area contributed by atoms with E-state index < -0.39 is 5.97 Å². The zero-order chi connectivity index (χ0) is 12.6. The number of aromatic carboxylic acids is 1. The Kier molecular flexibility index (Phi) is 2.71. The van der Waals surface area contributed by atoms with Gasteiger partial charge in [-0.3, -0.25) is 0 Å². The maximum absolute atomic E-state index is 11.1. The number of aromatic nitrogens is 3. The van der Waals surface area contributed by atoms with Crippen LogP contribution in [0.2, 0.25) is 0 Å². The second-order valence-electron chi connectivity index (χ2n) is 3.78. The molecule has 2 aromatic rings. The number of nitrogens with zero attached hydrogens (tertiary/aromatic N) is 2. The minimum Gasteiger partial charge on any atom is -0.478 e. The third kappa shape index (κ3) is 1.82. The summed E-state index contributed by atoms with van der Waals surface area (Å²) >= 11 is 0. The van der Waals surface area contributed by atoms with Gasteiger partial charge >= 0.3 is 5.97 Å². The number of rotatable bonds is 3. The Balaban J connectivity index is 2.53. The molecular formula is C11H13N3O3. The molecule has 0 aliphatic heterocycles. The molecule has 0 amide bonds. The Morgan fingerprint density at radius 3 is 2.59 bits per heavy atom. The first-order valence-electron chi connectivity index (χ1n) is 5.29. The minimum atomic E-state index is -0.960. The first-order chi connectivity index (χ1) is 8.04. The molecule has 6 heteroatoms. The summed E-state index contributed by atoms with van der Waals surface area (Å²) in [5, 5.41) is 16.8. The van der Waals surface area contributed by atoms with Crippen molar-refractivity contribution in [3.63, 3.8) is 0 Å². The fourth-order valence-electron chi connectivity index (χ4n) is 1.78. The number of aryl methyl sites for hydroxylation is 2. The van der Waals surface area contributed by atoms with E-state index in [1.165, 1.54) is 0 Å². The van der Waals surface area contributed by atoms with Gasteiger partial charge in [-0.25, -0.2) is 4.79 Å². The van der Waals surface area contributed by atoms with E-state index in [0.29, 0.717) is 35.2 Å². The van der Waals surface area contributed by atoms with E-state index in [9.17, 15) is 4.79 Å². The Morgan fingerprint density at radius 2 is 2.12 bits per heavy atom. The quantitative estimate of drug-likeness (QED) is 0.848. The molecule has 0 unspecified atom stereocenters. The van der Waals surface area contributed by atoms with E-state index >= 15 is 0 Å². The van der Waals surface area contributed by atoms with E-state index in [2.05, 4.69) is 15.2 Å². The van der Waals surface area contributed by atoms with Gasteiger partial charge in [0.15, 0.2) is 0 Å². The predicted octanol–water partition coefficient (Wildman–Crippen LogP) is 1.94. The Labute approximate surface area is 97.7 Å². The van der Waals surface area contributed by atoms with Crippen molar-refractivity contribution in [3.05, 3.63) is 22.7 Å². The van der Waals surface area contributed by atoms with Gasteiger partial charge in [0.1, 0.15) is 5.69 Å². The molecule has 0 saturated carbocycles. The zero-order valence-electron chi connectivity index (χ0n) is 9.87. The molecule has 0 fully saturated rings. The third-order valence-electron chi connectivity index (χ3n) is 2.63. The highest BCUT2D eigenvalue weighted by molar-refractivity contribution is 5.92. The lowest BCUT2D eigenvalue weighted by atomic mass is 10.1. The van der Waals surface area contributed by atoms with Gasteiger partial charge in [-0.15, -0.1) is 10.2 Å². The van der Waals surface area contributed by atoms with Crippen LogP contribution in [-0.2, 0) is 6.42 Å². The van der Waals surface area contributed by atoms with Crippen LogP contribution in [0.1, 0.15) is 34.4 Å². The van der Waals surface area contributed by atoms with E-state index in [-0.39, 0.29) is 5.56 Å². The van der Waals surface area contributed by atoms with Crippen LogP contribution in [0.15, 0.2) is 4.42 Å². The van der Waals surface area contributed by atoms with Crippen molar-refractivity contribution in [2.24, 2.45) is 0 Å². The number of hydrogen-bond acceptors (Lipinski definition) is 4. The average Bonchev–Trinajstić information content (AvgIpc) is 2.82. The molecular weight excluding hydrogens is 222 g/mol. The molecule has 0 aromatic carbocycles. The fourth-order valence-corrected chi connectivity index (χ4v) is 1.78. The molecule has 0 aliphatic rings. The maximum atomic E-state index is 11.1. The number of carboxylic acid groups (broad SMARTS) is 1. The van der Waals surface area contributed by atoms with Crippen LogP contribution >= 0.6 is 0 Å². The summed E-state index contributed by atoms with van der Waals surface area (Å²) in [4.78, 5) is 14.0. The average molecular weight is 235 g/mol. The third-order valence-corrected chi connectivity index (χ3v) is 2.63. The Bertz CT molecular complexity index is 569. The number of aromatic amines is 1. The van der Waals surface area contributed by atoms with Crippen LogP contribution in [0.5, 0.6) is 0 Å². The second kappa shape index (κ2) is 4.04. The summed E-state index contributed by atoms with van der Waals surface area (Å²) in [6.45, 7) is 5.34. The van der Waals surface area contributed by atoms with Crippen molar-refractivity contribution in [3.8, 4) is 11.6 Å². The molecule has 2 rings (SSSR count). The molecule has 2 aromatic heterocycles. The van der Waals surface area contributed by atoms with Crippen LogP contribution in [-0.4, -0.2) is 26.3 Å². The standard InChI is InChI=1S/C11H13N3O3/c1-4-7-13-14-10(17-7)9-5(2)8(11(15)16)6(3)12-9/h12H,4H2,1-3H3,(H,15,16). The SMILES string of the molecule is CCc1nnc(-c2[nH]c(C)c(C(=O)O)c2C)o1. The van der Waals surface area contributed by atoms with Gasteiger partial charge in [0, 0.05) is 12.1 Å². The highest BCUT2D eigenvalue weighted by Crippen LogP contribution is 2.26. The van der Waals surface area contributed by atoms with Gasteiger partial charge in [-0.05, 0) is 19.4 Å². The summed E-state index contributed by atoms with van der Waals surface area (Å²) in [6.07, 6.45) is 0.650. The summed E-state index contributed by atoms with van der Waals surface area (Å²) in [7, 11) is 0. The number of nitrogens with one attached hydrogen (secondary N) is 1. The van der Waals surface area contributed by atoms with Gasteiger partial charge in [0.2, 0.25) is 5.89 Å². The zero-order valence-corrected chi connectivity index (χ0v) is 9.87. The van der Waals surface area contributed by atoms with Crippen LogP contribution in [0.25, 0.3) is 11.6 Å². The van der Waals surface area contributed by atoms with Gasteiger partial charge < -0.3 is 14.5 Å². The summed E-state index contributed by atoms with van der Waals surface area (Å²) in [5.41, 5.74) is 2.03. The van der Waals surface area contributed by atoms with Crippen molar-refractivity contribution in [2.75, 3.05) is 0 Å². The molecule has 0 bridgehead atoms. The molecule has 2 N–H and O–H groups in total. The number of carboxylic acids is 1. The first kappa shape index (κ1) is 11.4. The summed E-state index contributed by atoms with van der Waals surface area (Å²) < 4.78 is 5.40. The first-order valence-corrected chi connectivity index (χ1v) is 5.29. The summed E-state index contributed by atoms with van der Waals surface area (Å²) in [5.74, 6) is -0.101. The highest BCUT2D eigenvalue weighted by Gasteiger charge is 2.21. The lowest BCUT2D eigenvalue weighted by Gasteiger charge is -1.94. The predicted molar refractivity (Wildman–Crippen MR) is 59.9 cm³/mol. The summed E-state index contributed by atoms with van der Waals surface area (Å²) in [6, 6.07) is 0. The second-order valence-corrected chi connectivity index (χ2v) is 3.78. The van der Waals surface area contributed by atoms with E-state index in [0.717, 1.165) is 0 Å². The lowest BCUT2D eigenvalue weighted by Crippen LogP contribution is -1.98. The lowest BCUT2D eigenvalue weighted by molar-refractivity contribution is 0.0695. The van der Waals surface area contributed by atoms with Crippen LogP contribution in [0, 0.1) is 13.8 Å². The van der Waals surface area contributed by atoms with E-state index in [1.54, 1.807) is 13.8 Å². The molecule has 2 heterocycles. The Morgan fingerprint density at radius 1 is 1.41 bits per heavy atom. The van der Waals surface area contributed by atoms with Crippen LogP contribution in [0.3, 0.4) is 0 Å². The van der Waals surface area contributed by atoms with E-state index in [4.69, 9.17) is 9.52 Å². The van der Waals surface area contributed by atoms with Crippen molar-refractivity contribution < 1.29 is 14.3 Å². The molecule has 0 aliphatic carbocycles. The molecule has 0 spiro atoms. The monoisotopic (exact) mass is 235 g/mol. The normalized spacial score (nSPS) is 10.8. The van der Waals surface area contributed by atoms with Gasteiger partial charge in [0.25, 0.3) is 5.89 Å². The molecule has 90 valence electrons. The smallest absolute Gasteiger partial charge is 0.337 e. The Hall–Kier alpha value is -2.11. The van der Waals surface area contributed by atoms with Gasteiger partial charge in [-0.2, -0.15) is 0 Å². The topological polar surface area (TPSA) is 92.0 Å². The van der Waals surface area contributed by atoms with Gasteiger partial charge in [-0.1, -0.05) is 6.92 Å². The van der Waals surface area contributed by atoms with Crippen LogP contribution < -0.4 is 0 Å². The largest absolute Gasteiger partial charge is 0.478 e. The molecule has 0 atom stereocenters. The highest BCUT2D eigenvalue weighted by atomic mass is 16.4. The van der Waals surface area contributed by atoms with Crippen LogP contribution in [0.4, 0.5) is 0 Å². The van der Waals surface area contributed by atoms with Crippen molar-refractivity contribution in [1.29, 1.82) is 0 Å².